The summed E-state index contributed by atoms with van der Waals surface area (Å²) in [5, 5.41) is 1.23. The fourth-order valence-corrected chi connectivity index (χ4v) is 2.53. The highest BCUT2D eigenvalue weighted by atomic mass is 79.9. The molecule has 2 aromatic rings. The first-order valence-electron chi connectivity index (χ1n) is 5.39. The number of pyridine rings is 1. The summed E-state index contributed by atoms with van der Waals surface area (Å²) < 4.78 is 1.92. The minimum Gasteiger partial charge on any atom is -0.308 e. The quantitative estimate of drug-likeness (QED) is 0.726. The maximum atomic E-state index is 11.8. The molecule has 0 fully saturated rings. The van der Waals surface area contributed by atoms with E-state index in [4.69, 9.17) is 0 Å². The van der Waals surface area contributed by atoms with E-state index in [0.717, 1.165) is 30.5 Å². The number of halogens is 1. The number of rotatable bonds is 0. The van der Waals surface area contributed by atoms with Crippen LogP contribution in [0.4, 0.5) is 0 Å². The predicted molar refractivity (Wildman–Crippen MR) is 70.2 cm³/mol. The first-order chi connectivity index (χ1) is 7.27. The maximum Gasteiger partial charge on any atom is 0.251 e. The predicted octanol–water partition coefficient (Wildman–Crippen LogP) is 3.10. The number of para-hydroxylation sites is 1. The molecule has 0 bridgehead atoms. The second-order valence-corrected chi connectivity index (χ2v) is 4.23. The van der Waals surface area contributed by atoms with Crippen LogP contribution in [0.3, 0.4) is 0 Å². The Labute approximate surface area is 105 Å². The van der Waals surface area contributed by atoms with Gasteiger partial charge in [-0.1, -0.05) is 18.2 Å². The molecule has 0 aliphatic carbocycles. The van der Waals surface area contributed by atoms with Crippen molar-refractivity contribution in [3.63, 3.8) is 0 Å². The topological polar surface area (TPSA) is 22.0 Å². The van der Waals surface area contributed by atoms with Crippen molar-refractivity contribution in [2.45, 2.75) is 26.3 Å². The van der Waals surface area contributed by atoms with E-state index in [-0.39, 0.29) is 22.5 Å². The molecular weight excluding hydrogens is 266 g/mol. The molecule has 83 valence electrons. The Balaban J connectivity index is 0.000000963. The zero-order valence-electron chi connectivity index (χ0n) is 9.16. The highest BCUT2D eigenvalue weighted by Crippen LogP contribution is 2.24. The minimum absolute atomic E-state index is 0. The number of aryl methyl sites for hydroxylation is 3. The van der Waals surface area contributed by atoms with Crippen LogP contribution in [-0.2, 0) is 13.0 Å². The van der Waals surface area contributed by atoms with E-state index < -0.39 is 0 Å². The molecule has 1 aliphatic heterocycles. The Morgan fingerprint density at radius 2 is 2.12 bits per heavy atom. The molecule has 0 amide bonds. The highest BCUT2D eigenvalue weighted by molar-refractivity contribution is 8.93. The van der Waals surface area contributed by atoms with Crippen molar-refractivity contribution in [1.29, 1.82) is 0 Å². The Hall–Kier alpha value is -1.09. The van der Waals surface area contributed by atoms with Crippen molar-refractivity contribution in [1.82, 2.24) is 4.57 Å². The molecule has 2 heterocycles. The summed E-state index contributed by atoms with van der Waals surface area (Å²) in [4.78, 5) is 11.8. The third kappa shape index (κ3) is 1.50. The van der Waals surface area contributed by atoms with Crippen molar-refractivity contribution in [2.75, 3.05) is 0 Å². The van der Waals surface area contributed by atoms with Gasteiger partial charge in [0.25, 0.3) is 5.56 Å². The molecule has 1 aromatic carbocycles. The molecule has 3 rings (SSSR count). The lowest BCUT2D eigenvalue weighted by Crippen LogP contribution is -2.24. The van der Waals surface area contributed by atoms with Crippen LogP contribution in [-0.4, -0.2) is 4.57 Å². The molecule has 0 saturated heterocycles. The van der Waals surface area contributed by atoms with Gasteiger partial charge in [-0.3, -0.25) is 4.79 Å². The van der Waals surface area contributed by atoms with Crippen molar-refractivity contribution < 1.29 is 0 Å². The summed E-state index contributed by atoms with van der Waals surface area (Å²) in [7, 11) is 0. The first-order valence-corrected chi connectivity index (χ1v) is 5.39. The maximum absolute atomic E-state index is 11.8. The van der Waals surface area contributed by atoms with Crippen molar-refractivity contribution in [3.05, 3.63) is 45.7 Å². The van der Waals surface area contributed by atoms with Gasteiger partial charge in [0.15, 0.2) is 0 Å². The third-order valence-electron chi connectivity index (χ3n) is 3.25. The standard InChI is InChI=1S/C13H13NO.Br/c1-9-8-12(15)14-7-3-5-10-4-2-6-11(9)13(10)14;/h2,4,6,8H,3,5,7H2,1H3;. The van der Waals surface area contributed by atoms with Crippen LogP contribution in [0.2, 0.25) is 0 Å². The largest absolute Gasteiger partial charge is 0.308 e. The Morgan fingerprint density at radius 1 is 1.31 bits per heavy atom. The van der Waals surface area contributed by atoms with E-state index in [1.165, 1.54) is 10.9 Å². The number of hydrogen-bond acceptors (Lipinski definition) is 1. The summed E-state index contributed by atoms with van der Waals surface area (Å²) in [6, 6.07) is 8.08. The smallest absolute Gasteiger partial charge is 0.251 e. The lowest BCUT2D eigenvalue weighted by molar-refractivity contribution is 0.615. The molecule has 2 nitrogen and oxygen atoms in total. The number of hydrogen-bond donors (Lipinski definition) is 0. The molecule has 1 aliphatic rings. The fourth-order valence-electron chi connectivity index (χ4n) is 2.53. The van der Waals surface area contributed by atoms with Crippen LogP contribution in [0.5, 0.6) is 0 Å². The normalized spacial score (nSPS) is 13.6. The van der Waals surface area contributed by atoms with Gasteiger partial charge >= 0.3 is 0 Å². The van der Waals surface area contributed by atoms with Crippen molar-refractivity contribution in [2.24, 2.45) is 0 Å². The first kappa shape index (κ1) is 11.4. The van der Waals surface area contributed by atoms with E-state index in [1.54, 1.807) is 6.07 Å². The molecular formula is C13H13BrNO. The van der Waals surface area contributed by atoms with Crippen LogP contribution in [0.15, 0.2) is 29.1 Å². The van der Waals surface area contributed by atoms with E-state index in [9.17, 15) is 4.79 Å². The molecule has 0 N–H and O–H groups in total. The van der Waals surface area contributed by atoms with Gasteiger partial charge in [-0.25, -0.2) is 0 Å². The number of nitrogens with zero attached hydrogens (tertiary/aromatic N) is 1. The minimum atomic E-state index is 0. The van der Waals surface area contributed by atoms with Gasteiger partial charge in [0.05, 0.1) is 5.52 Å². The van der Waals surface area contributed by atoms with E-state index in [1.807, 2.05) is 11.5 Å². The fraction of sp³-hybridized carbons (Fsp3) is 0.308. The van der Waals surface area contributed by atoms with Gasteiger partial charge in [0.2, 0.25) is 0 Å². The molecule has 0 spiro atoms. The van der Waals surface area contributed by atoms with Crippen LogP contribution in [0, 0.1) is 6.92 Å². The van der Waals surface area contributed by atoms with E-state index in [0.29, 0.717) is 0 Å². The van der Waals surface area contributed by atoms with Gasteiger partial charge < -0.3 is 4.57 Å². The molecule has 0 saturated carbocycles. The summed E-state index contributed by atoms with van der Waals surface area (Å²) >= 11 is 0. The third-order valence-corrected chi connectivity index (χ3v) is 3.25. The summed E-state index contributed by atoms with van der Waals surface area (Å²) in [6.07, 6.45) is 2.18. The number of aromatic nitrogens is 1. The SMILES string of the molecule is Cc1cc(=O)n2c3c(cccc13)CCC2.[Br]. The van der Waals surface area contributed by atoms with Crippen LogP contribution >= 0.6 is 17.0 Å². The average molecular weight is 279 g/mol. The summed E-state index contributed by atoms with van der Waals surface area (Å²) in [6.45, 7) is 2.88. The molecule has 1 aromatic heterocycles. The summed E-state index contributed by atoms with van der Waals surface area (Å²) in [5.74, 6) is 0. The summed E-state index contributed by atoms with van der Waals surface area (Å²) in [5.41, 5.74) is 3.72. The number of benzene rings is 1. The van der Waals surface area contributed by atoms with Gasteiger partial charge in [-0.05, 0) is 30.9 Å². The van der Waals surface area contributed by atoms with Crippen LogP contribution < -0.4 is 5.56 Å². The average Bonchev–Trinajstić information content (AvgIpc) is 2.25. The molecule has 16 heavy (non-hydrogen) atoms. The Morgan fingerprint density at radius 3 is 2.94 bits per heavy atom. The highest BCUT2D eigenvalue weighted by Gasteiger charge is 2.13. The zero-order valence-corrected chi connectivity index (χ0v) is 10.8. The monoisotopic (exact) mass is 278 g/mol. The van der Waals surface area contributed by atoms with Crippen LogP contribution in [0.25, 0.3) is 10.9 Å². The van der Waals surface area contributed by atoms with Gasteiger partial charge in [-0.2, -0.15) is 0 Å². The van der Waals surface area contributed by atoms with Crippen molar-refractivity contribution >= 4 is 27.9 Å². The molecule has 1 radical (unpaired) electrons. The zero-order chi connectivity index (χ0) is 10.4. The van der Waals surface area contributed by atoms with Crippen molar-refractivity contribution in [3.8, 4) is 0 Å². The lowest BCUT2D eigenvalue weighted by atomic mass is 9.99. The second kappa shape index (κ2) is 4.06. The van der Waals surface area contributed by atoms with Crippen LogP contribution in [0.1, 0.15) is 17.5 Å². The Kier molecular flexibility index (Phi) is 2.89. The van der Waals surface area contributed by atoms with Gasteiger partial charge in [-0.15, -0.1) is 0 Å². The molecule has 0 unspecified atom stereocenters. The van der Waals surface area contributed by atoms with E-state index in [2.05, 4.69) is 18.2 Å². The molecule has 0 atom stereocenters. The van der Waals surface area contributed by atoms with Gasteiger partial charge in [0, 0.05) is 35.0 Å². The molecule has 3 heteroatoms. The second-order valence-electron chi connectivity index (χ2n) is 4.23. The Bertz CT molecular complexity index is 601. The lowest BCUT2D eigenvalue weighted by Gasteiger charge is -2.19. The van der Waals surface area contributed by atoms with Gasteiger partial charge in [0.1, 0.15) is 0 Å². The van der Waals surface area contributed by atoms with E-state index >= 15 is 0 Å².